The van der Waals surface area contributed by atoms with Crippen molar-refractivity contribution in [1.82, 2.24) is 9.80 Å². The van der Waals surface area contributed by atoms with Crippen LogP contribution >= 0.6 is 0 Å². The van der Waals surface area contributed by atoms with Crippen molar-refractivity contribution in [1.29, 1.82) is 0 Å². The van der Waals surface area contributed by atoms with Crippen molar-refractivity contribution in [3.63, 3.8) is 0 Å². The summed E-state index contributed by atoms with van der Waals surface area (Å²) in [5.74, 6) is 0.201. The van der Waals surface area contributed by atoms with E-state index >= 15 is 0 Å². The van der Waals surface area contributed by atoms with Crippen LogP contribution in [0, 0.1) is 0 Å². The van der Waals surface area contributed by atoms with Crippen molar-refractivity contribution in [2.75, 3.05) is 33.7 Å². The predicted octanol–water partition coefficient (Wildman–Crippen LogP) is 1.30. The van der Waals surface area contributed by atoms with Crippen molar-refractivity contribution in [3.05, 3.63) is 0 Å². The van der Waals surface area contributed by atoms with Crippen LogP contribution in [0.2, 0.25) is 0 Å². The van der Waals surface area contributed by atoms with Gasteiger partial charge in [-0.05, 0) is 40.4 Å². The highest BCUT2D eigenvalue weighted by atomic mass is 16.2. The third kappa shape index (κ3) is 8.16. The largest absolute Gasteiger partial charge is 0.343 e. The predicted molar refractivity (Wildman–Crippen MR) is 72.9 cm³/mol. The van der Waals surface area contributed by atoms with Gasteiger partial charge >= 0.3 is 0 Å². The first-order chi connectivity index (χ1) is 8.01. The SMILES string of the molecule is CCCC(N)CC(=O)N(CC)CCCN(C)C. The quantitative estimate of drug-likeness (QED) is 0.664. The molecule has 0 heterocycles. The molecule has 0 aliphatic rings. The fraction of sp³-hybridized carbons (Fsp3) is 0.923. The number of nitrogens with two attached hydrogens (primary N) is 1. The molecule has 2 N–H and O–H groups in total. The Morgan fingerprint density at radius 1 is 1.24 bits per heavy atom. The number of hydrogen-bond donors (Lipinski definition) is 1. The van der Waals surface area contributed by atoms with Gasteiger partial charge in [0.25, 0.3) is 0 Å². The summed E-state index contributed by atoms with van der Waals surface area (Å²) in [6.07, 6.45) is 3.49. The van der Waals surface area contributed by atoms with Crippen molar-refractivity contribution in [2.45, 2.75) is 45.6 Å². The van der Waals surface area contributed by atoms with E-state index in [0.717, 1.165) is 38.9 Å². The summed E-state index contributed by atoms with van der Waals surface area (Å²) in [6.45, 7) is 6.76. The molecule has 17 heavy (non-hydrogen) atoms. The minimum Gasteiger partial charge on any atom is -0.343 e. The second-order valence-electron chi connectivity index (χ2n) is 4.88. The topological polar surface area (TPSA) is 49.6 Å². The van der Waals surface area contributed by atoms with E-state index in [1.165, 1.54) is 0 Å². The van der Waals surface area contributed by atoms with Gasteiger partial charge < -0.3 is 15.5 Å². The number of hydrogen-bond acceptors (Lipinski definition) is 3. The summed E-state index contributed by atoms with van der Waals surface area (Å²) in [4.78, 5) is 16.0. The Hall–Kier alpha value is -0.610. The Morgan fingerprint density at radius 2 is 1.88 bits per heavy atom. The summed E-state index contributed by atoms with van der Waals surface area (Å²) in [6, 6.07) is 0.0235. The second kappa shape index (κ2) is 9.42. The molecule has 0 fully saturated rings. The van der Waals surface area contributed by atoms with Gasteiger partial charge in [-0.3, -0.25) is 4.79 Å². The Labute approximate surface area is 106 Å². The first-order valence-corrected chi connectivity index (χ1v) is 6.69. The zero-order chi connectivity index (χ0) is 13.3. The molecule has 0 aromatic rings. The minimum atomic E-state index is 0.0235. The summed E-state index contributed by atoms with van der Waals surface area (Å²) >= 11 is 0. The summed E-state index contributed by atoms with van der Waals surface area (Å²) in [5.41, 5.74) is 5.90. The molecule has 0 aliphatic heterocycles. The number of carbonyl (C=O) groups excluding carboxylic acids is 1. The minimum absolute atomic E-state index is 0.0235. The molecule has 1 unspecified atom stereocenters. The molecule has 102 valence electrons. The smallest absolute Gasteiger partial charge is 0.224 e. The number of carbonyl (C=O) groups is 1. The standard InChI is InChI=1S/C13H29N3O/c1-5-8-12(14)11-13(17)16(6-2)10-7-9-15(3)4/h12H,5-11,14H2,1-4H3. The normalized spacial score (nSPS) is 12.8. The fourth-order valence-electron chi connectivity index (χ4n) is 1.86. The lowest BCUT2D eigenvalue weighted by Gasteiger charge is -2.23. The lowest BCUT2D eigenvalue weighted by molar-refractivity contribution is -0.131. The first kappa shape index (κ1) is 16.4. The molecule has 0 rings (SSSR count). The maximum absolute atomic E-state index is 12.0. The van der Waals surface area contributed by atoms with Crippen LogP contribution in [-0.4, -0.2) is 55.5 Å². The van der Waals surface area contributed by atoms with Crippen molar-refractivity contribution >= 4 is 5.91 Å². The molecule has 0 radical (unpaired) electrons. The monoisotopic (exact) mass is 243 g/mol. The van der Waals surface area contributed by atoms with E-state index in [9.17, 15) is 4.79 Å². The molecule has 0 spiro atoms. The molecule has 0 aromatic carbocycles. The number of nitrogens with zero attached hydrogens (tertiary/aromatic N) is 2. The maximum Gasteiger partial charge on any atom is 0.224 e. The third-order valence-electron chi connectivity index (χ3n) is 2.86. The highest BCUT2D eigenvalue weighted by Crippen LogP contribution is 2.03. The van der Waals surface area contributed by atoms with Crippen molar-refractivity contribution < 1.29 is 4.79 Å². The van der Waals surface area contributed by atoms with E-state index < -0.39 is 0 Å². The average molecular weight is 243 g/mol. The molecule has 4 nitrogen and oxygen atoms in total. The van der Waals surface area contributed by atoms with Gasteiger partial charge in [0.1, 0.15) is 0 Å². The van der Waals surface area contributed by atoms with Gasteiger partial charge in [-0.2, -0.15) is 0 Å². The molecule has 1 amide bonds. The lowest BCUT2D eigenvalue weighted by atomic mass is 10.1. The maximum atomic E-state index is 12.0. The van der Waals surface area contributed by atoms with Gasteiger partial charge in [-0.25, -0.2) is 0 Å². The van der Waals surface area contributed by atoms with Gasteiger partial charge in [0.2, 0.25) is 5.91 Å². The third-order valence-corrected chi connectivity index (χ3v) is 2.86. The van der Waals surface area contributed by atoms with Gasteiger partial charge in [0, 0.05) is 25.6 Å². The van der Waals surface area contributed by atoms with Crippen molar-refractivity contribution in [2.24, 2.45) is 5.73 Å². The van der Waals surface area contributed by atoms with Crippen LogP contribution in [-0.2, 0) is 4.79 Å². The Bertz CT molecular complexity index is 207. The van der Waals surface area contributed by atoms with Crippen LogP contribution < -0.4 is 5.73 Å². The fourth-order valence-corrected chi connectivity index (χ4v) is 1.86. The zero-order valence-corrected chi connectivity index (χ0v) is 11.9. The van der Waals surface area contributed by atoms with E-state index in [-0.39, 0.29) is 11.9 Å². The zero-order valence-electron chi connectivity index (χ0n) is 11.9. The Morgan fingerprint density at radius 3 is 2.35 bits per heavy atom. The van der Waals surface area contributed by atoms with Crippen LogP contribution in [0.5, 0.6) is 0 Å². The highest BCUT2D eigenvalue weighted by Gasteiger charge is 2.14. The van der Waals surface area contributed by atoms with Crippen LogP contribution in [0.15, 0.2) is 0 Å². The Balaban J connectivity index is 3.94. The summed E-state index contributed by atoms with van der Waals surface area (Å²) in [5, 5.41) is 0. The van der Waals surface area contributed by atoms with E-state index in [1.807, 2.05) is 11.8 Å². The van der Waals surface area contributed by atoms with E-state index in [0.29, 0.717) is 6.42 Å². The molecule has 1 atom stereocenters. The highest BCUT2D eigenvalue weighted by molar-refractivity contribution is 5.76. The van der Waals surface area contributed by atoms with E-state index in [4.69, 9.17) is 5.73 Å². The number of amides is 1. The Kier molecular flexibility index (Phi) is 9.09. The van der Waals surface area contributed by atoms with Crippen molar-refractivity contribution in [3.8, 4) is 0 Å². The molecule has 4 heteroatoms. The second-order valence-corrected chi connectivity index (χ2v) is 4.88. The molecule has 0 aromatic heterocycles. The van der Waals surface area contributed by atoms with Gasteiger partial charge in [0.15, 0.2) is 0 Å². The van der Waals surface area contributed by atoms with Gasteiger partial charge in [0.05, 0.1) is 0 Å². The molecule has 0 aliphatic carbocycles. The average Bonchev–Trinajstić information content (AvgIpc) is 2.24. The van der Waals surface area contributed by atoms with Crippen LogP contribution in [0.4, 0.5) is 0 Å². The van der Waals surface area contributed by atoms with Crippen LogP contribution in [0.3, 0.4) is 0 Å². The summed E-state index contributed by atoms with van der Waals surface area (Å²) < 4.78 is 0. The van der Waals surface area contributed by atoms with Gasteiger partial charge in [-0.15, -0.1) is 0 Å². The molecular weight excluding hydrogens is 214 g/mol. The van der Waals surface area contributed by atoms with E-state index in [2.05, 4.69) is 25.9 Å². The molecule has 0 saturated heterocycles. The number of rotatable bonds is 9. The molecule has 0 bridgehead atoms. The van der Waals surface area contributed by atoms with Crippen LogP contribution in [0.25, 0.3) is 0 Å². The van der Waals surface area contributed by atoms with Crippen LogP contribution in [0.1, 0.15) is 39.5 Å². The molecular formula is C13H29N3O. The van der Waals surface area contributed by atoms with Gasteiger partial charge in [-0.1, -0.05) is 13.3 Å². The van der Waals surface area contributed by atoms with E-state index in [1.54, 1.807) is 0 Å². The lowest BCUT2D eigenvalue weighted by Crippen LogP contribution is -2.37. The first-order valence-electron chi connectivity index (χ1n) is 6.69. The summed E-state index contributed by atoms with van der Waals surface area (Å²) in [7, 11) is 4.10. The molecule has 0 saturated carbocycles.